The second kappa shape index (κ2) is 6.10. The van der Waals surface area contributed by atoms with Crippen molar-refractivity contribution in [2.75, 3.05) is 0 Å². The van der Waals surface area contributed by atoms with E-state index in [0.29, 0.717) is 12.8 Å². The summed E-state index contributed by atoms with van der Waals surface area (Å²) in [4.78, 5) is -0.529. The van der Waals surface area contributed by atoms with Gasteiger partial charge in [-0.05, 0) is 36.1 Å². The number of para-hydroxylation sites is 1. The Morgan fingerprint density at radius 1 is 0.958 bits per heavy atom. The third-order valence-corrected chi connectivity index (χ3v) is 5.30. The first kappa shape index (κ1) is 16.8. The van der Waals surface area contributed by atoms with Crippen molar-refractivity contribution in [3.05, 3.63) is 59.7 Å². The fourth-order valence-corrected chi connectivity index (χ4v) is 4.17. The molecule has 0 saturated heterocycles. The van der Waals surface area contributed by atoms with Crippen LogP contribution in [0.3, 0.4) is 0 Å². The molecule has 0 bridgehead atoms. The molecule has 4 nitrogen and oxygen atoms in total. The standard InChI is InChI=1S/C16H14F3NO3S/c17-16(18,19)23-14-7-3-4-8-15(14)24(21,22)20-13-9-11-5-1-2-6-12(11)10-13/h1-8,13,20H,9-10H2. The molecule has 128 valence electrons. The van der Waals surface area contributed by atoms with Crippen LogP contribution in [0.15, 0.2) is 53.4 Å². The van der Waals surface area contributed by atoms with Gasteiger partial charge in [-0.15, -0.1) is 13.2 Å². The Morgan fingerprint density at radius 2 is 1.50 bits per heavy atom. The molecule has 0 unspecified atom stereocenters. The second-order valence-corrected chi connectivity index (χ2v) is 7.17. The zero-order chi connectivity index (χ0) is 17.4. The number of ether oxygens (including phenoxy) is 1. The van der Waals surface area contributed by atoms with Gasteiger partial charge in [0.1, 0.15) is 10.6 Å². The first-order valence-electron chi connectivity index (χ1n) is 7.18. The number of benzene rings is 2. The Hall–Kier alpha value is -2.06. The first-order valence-corrected chi connectivity index (χ1v) is 8.67. The normalized spacial score (nSPS) is 15.3. The van der Waals surface area contributed by atoms with Gasteiger partial charge in [-0.1, -0.05) is 36.4 Å². The highest BCUT2D eigenvalue weighted by Crippen LogP contribution is 2.30. The van der Waals surface area contributed by atoms with E-state index in [1.807, 2.05) is 24.3 Å². The molecule has 3 rings (SSSR count). The van der Waals surface area contributed by atoms with Crippen molar-refractivity contribution in [2.24, 2.45) is 0 Å². The summed E-state index contributed by atoms with van der Waals surface area (Å²) in [6, 6.07) is 11.8. The van der Waals surface area contributed by atoms with Gasteiger partial charge in [-0.25, -0.2) is 13.1 Å². The summed E-state index contributed by atoms with van der Waals surface area (Å²) in [5.74, 6) is -0.743. The van der Waals surface area contributed by atoms with Crippen molar-refractivity contribution >= 4 is 10.0 Å². The van der Waals surface area contributed by atoms with Gasteiger partial charge in [0.05, 0.1) is 0 Å². The summed E-state index contributed by atoms with van der Waals surface area (Å²) in [5, 5.41) is 0. The molecule has 0 aliphatic heterocycles. The van der Waals surface area contributed by atoms with Crippen LogP contribution < -0.4 is 9.46 Å². The maximum absolute atomic E-state index is 12.5. The van der Waals surface area contributed by atoms with Gasteiger partial charge < -0.3 is 4.74 Å². The zero-order valence-corrected chi connectivity index (χ0v) is 13.2. The van der Waals surface area contributed by atoms with Crippen LogP contribution in [0.5, 0.6) is 5.75 Å². The Balaban J connectivity index is 1.82. The summed E-state index contributed by atoms with van der Waals surface area (Å²) < 4.78 is 68.6. The van der Waals surface area contributed by atoms with Crippen LogP contribution in [-0.2, 0) is 22.9 Å². The summed E-state index contributed by atoms with van der Waals surface area (Å²) >= 11 is 0. The lowest BCUT2D eigenvalue weighted by Crippen LogP contribution is -2.35. The molecule has 0 aromatic heterocycles. The van der Waals surface area contributed by atoms with Gasteiger partial charge in [-0.2, -0.15) is 0 Å². The molecule has 0 spiro atoms. The average molecular weight is 357 g/mol. The molecular formula is C16H14F3NO3S. The van der Waals surface area contributed by atoms with Crippen molar-refractivity contribution in [1.29, 1.82) is 0 Å². The number of alkyl halides is 3. The monoisotopic (exact) mass is 357 g/mol. The van der Waals surface area contributed by atoms with Gasteiger partial charge in [0.25, 0.3) is 0 Å². The number of sulfonamides is 1. The number of nitrogens with one attached hydrogen (secondary N) is 1. The molecule has 0 radical (unpaired) electrons. The molecular weight excluding hydrogens is 343 g/mol. The number of hydrogen-bond acceptors (Lipinski definition) is 3. The topological polar surface area (TPSA) is 55.4 Å². The van der Waals surface area contributed by atoms with Gasteiger partial charge in [0.15, 0.2) is 0 Å². The van der Waals surface area contributed by atoms with Crippen LogP contribution in [0, 0.1) is 0 Å². The molecule has 8 heteroatoms. The van der Waals surface area contributed by atoms with E-state index in [-0.39, 0.29) is 0 Å². The predicted molar refractivity (Wildman–Crippen MR) is 81.1 cm³/mol. The summed E-state index contributed by atoms with van der Waals surface area (Å²) in [5.41, 5.74) is 2.06. The van der Waals surface area contributed by atoms with E-state index in [2.05, 4.69) is 9.46 Å². The van der Waals surface area contributed by atoms with Gasteiger partial charge in [0, 0.05) is 6.04 Å². The molecule has 0 heterocycles. The Bertz CT molecular complexity index is 825. The van der Waals surface area contributed by atoms with E-state index in [0.717, 1.165) is 23.3 Å². The van der Waals surface area contributed by atoms with E-state index in [1.54, 1.807) is 0 Å². The molecule has 1 aliphatic rings. The van der Waals surface area contributed by atoms with Crippen molar-refractivity contribution in [3.63, 3.8) is 0 Å². The van der Waals surface area contributed by atoms with Crippen LogP contribution in [-0.4, -0.2) is 20.8 Å². The highest BCUT2D eigenvalue weighted by atomic mass is 32.2. The zero-order valence-electron chi connectivity index (χ0n) is 12.4. The lowest BCUT2D eigenvalue weighted by molar-refractivity contribution is -0.275. The van der Waals surface area contributed by atoms with Gasteiger partial charge >= 0.3 is 6.36 Å². The molecule has 1 aliphatic carbocycles. The minimum Gasteiger partial charge on any atom is -0.404 e. The highest BCUT2D eigenvalue weighted by Gasteiger charge is 2.35. The Kier molecular flexibility index (Phi) is 4.27. The summed E-state index contributed by atoms with van der Waals surface area (Å²) in [6.45, 7) is 0. The van der Waals surface area contributed by atoms with E-state index in [9.17, 15) is 21.6 Å². The van der Waals surface area contributed by atoms with Gasteiger partial charge in [-0.3, -0.25) is 0 Å². The highest BCUT2D eigenvalue weighted by molar-refractivity contribution is 7.89. The molecule has 1 N–H and O–H groups in total. The maximum Gasteiger partial charge on any atom is 0.573 e. The van der Waals surface area contributed by atoms with E-state index in [4.69, 9.17) is 0 Å². The van der Waals surface area contributed by atoms with E-state index >= 15 is 0 Å². The fraction of sp³-hybridized carbons (Fsp3) is 0.250. The summed E-state index contributed by atoms with van der Waals surface area (Å²) in [7, 11) is -4.14. The molecule has 0 amide bonds. The largest absolute Gasteiger partial charge is 0.573 e. The van der Waals surface area contributed by atoms with Crippen LogP contribution in [0.25, 0.3) is 0 Å². The lowest BCUT2D eigenvalue weighted by Gasteiger charge is -2.16. The van der Waals surface area contributed by atoms with Crippen molar-refractivity contribution in [1.82, 2.24) is 4.72 Å². The minimum atomic E-state index is -4.96. The SMILES string of the molecule is O=S(=O)(NC1Cc2ccccc2C1)c1ccccc1OC(F)(F)F. The quantitative estimate of drug-likeness (QED) is 0.915. The molecule has 24 heavy (non-hydrogen) atoms. The fourth-order valence-electron chi connectivity index (χ4n) is 2.81. The Morgan fingerprint density at radius 3 is 2.08 bits per heavy atom. The minimum absolute atomic E-state index is 0.397. The molecule has 2 aromatic rings. The number of rotatable bonds is 4. The number of halogens is 3. The molecule has 0 fully saturated rings. The van der Waals surface area contributed by atoms with Crippen molar-refractivity contribution in [2.45, 2.75) is 30.1 Å². The molecule has 0 atom stereocenters. The van der Waals surface area contributed by atoms with Crippen molar-refractivity contribution < 1.29 is 26.3 Å². The van der Waals surface area contributed by atoms with E-state index < -0.39 is 33.1 Å². The lowest BCUT2D eigenvalue weighted by atomic mass is 10.1. The van der Waals surface area contributed by atoms with Crippen LogP contribution in [0.1, 0.15) is 11.1 Å². The number of fused-ring (bicyclic) bond motifs is 1. The Labute approximate surface area is 137 Å². The molecule has 2 aromatic carbocycles. The summed E-state index contributed by atoms with van der Waals surface area (Å²) in [6.07, 6.45) is -3.97. The predicted octanol–water partition coefficient (Wildman–Crippen LogP) is 3.03. The van der Waals surface area contributed by atoms with E-state index in [1.165, 1.54) is 12.1 Å². The number of hydrogen-bond donors (Lipinski definition) is 1. The smallest absolute Gasteiger partial charge is 0.404 e. The first-order chi connectivity index (χ1) is 11.2. The van der Waals surface area contributed by atoms with Gasteiger partial charge in [0.2, 0.25) is 10.0 Å². The van der Waals surface area contributed by atoms with Crippen LogP contribution in [0.4, 0.5) is 13.2 Å². The van der Waals surface area contributed by atoms with Crippen LogP contribution in [0.2, 0.25) is 0 Å². The maximum atomic E-state index is 12.5. The molecule has 0 saturated carbocycles. The third-order valence-electron chi connectivity index (χ3n) is 3.74. The average Bonchev–Trinajstić information content (AvgIpc) is 2.87. The second-order valence-electron chi connectivity index (χ2n) is 5.49. The van der Waals surface area contributed by atoms with Crippen molar-refractivity contribution in [3.8, 4) is 5.75 Å². The third kappa shape index (κ3) is 3.70. The van der Waals surface area contributed by atoms with Crippen LogP contribution >= 0.6 is 0 Å².